The van der Waals surface area contributed by atoms with Crippen molar-refractivity contribution in [3.05, 3.63) is 47.7 Å². The van der Waals surface area contributed by atoms with Crippen LogP contribution in [0.4, 0.5) is 19.0 Å². The maximum atomic E-state index is 13.3. The number of rotatable bonds is 6. The number of ether oxygens (including phenoxy) is 1. The number of aromatic nitrogens is 1. The van der Waals surface area contributed by atoms with Gasteiger partial charge in [-0.1, -0.05) is 12.5 Å². The smallest absolute Gasteiger partial charge is 0.416 e. The second kappa shape index (κ2) is 8.58. The van der Waals surface area contributed by atoms with Gasteiger partial charge in [0.25, 0.3) is 0 Å². The average molecular weight is 429 g/mol. The molecule has 2 aromatic rings. The highest BCUT2D eigenvalue weighted by atomic mass is 32.2. The van der Waals surface area contributed by atoms with Crippen molar-refractivity contribution in [1.29, 1.82) is 0 Å². The van der Waals surface area contributed by atoms with Crippen molar-refractivity contribution < 1.29 is 26.3 Å². The van der Waals surface area contributed by atoms with Gasteiger partial charge in [0.15, 0.2) is 0 Å². The van der Waals surface area contributed by atoms with E-state index in [1.165, 1.54) is 41.9 Å². The molecule has 10 heteroatoms. The third kappa shape index (κ3) is 4.99. The van der Waals surface area contributed by atoms with E-state index in [0.717, 1.165) is 25.3 Å². The fourth-order valence-corrected chi connectivity index (χ4v) is 4.64. The molecule has 158 valence electrons. The Hall–Kier alpha value is -2.33. The van der Waals surface area contributed by atoms with Gasteiger partial charge >= 0.3 is 6.18 Å². The van der Waals surface area contributed by atoms with Crippen molar-refractivity contribution >= 4 is 15.8 Å². The SMILES string of the molecule is COc1ccc(CNc2ccc(S(=O)(=O)N3CCCCC3)cn2)c(C(F)(F)F)c1. The van der Waals surface area contributed by atoms with Gasteiger partial charge in [-0.3, -0.25) is 0 Å². The summed E-state index contributed by atoms with van der Waals surface area (Å²) >= 11 is 0. The van der Waals surface area contributed by atoms with Crippen molar-refractivity contribution in [2.24, 2.45) is 0 Å². The number of nitrogens with zero attached hydrogens (tertiary/aromatic N) is 2. The predicted molar refractivity (Wildman–Crippen MR) is 102 cm³/mol. The first-order valence-electron chi connectivity index (χ1n) is 9.16. The number of alkyl halides is 3. The van der Waals surface area contributed by atoms with Crippen LogP contribution in [-0.4, -0.2) is 37.9 Å². The normalized spacial score (nSPS) is 15.9. The van der Waals surface area contributed by atoms with E-state index >= 15 is 0 Å². The molecule has 0 unspecified atom stereocenters. The number of sulfonamides is 1. The zero-order chi connectivity index (χ0) is 21.1. The third-order valence-electron chi connectivity index (χ3n) is 4.77. The molecule has 1 aliphatic heterocycles. The number of hydrogen-bond acceptors (Lipinski definition) is 5. The molecule has 0 radical (unpaired) electrons. The molecule has 29 heavy (non-hydrogen) atoms. The Morgan fingerprint density at radius 2 is 1.86 bits per heavy atom. The maximum absolute atomic E-state index is 13.3. The number of methoxy groups -OCH3 is 1. The molecule has 1 aliphatic rings. The largest absolute Gasteiger partial charge is 0.497 e. The lowest BCUT2D eigenvalue weighted by atomic mass is 10.1. The van der Waals surface area contributed by atoms with Gasteiger partial charge in [0, 0.05) is 25.8 Å². The van der Waals surface area contributed by atoms with Crippen LogP contribution in [0, 0.1) is 0 Å². The summed E-state index contributed by atoms with van der Waals surface area (Å²) < 4.78 is 71.4. The summed E-state index contributed by atoms with van der Waals surface area (Å²) in [4.78, 5) is 4.13. The fraction of sp³-hybridized carbons (Fsp3) is 0.421. The molecule has 0 bridgehead atoms. The van der Waals surface area contributed by atoms with E-state index in [1.54, 1.807) is 0 Å². The Morgan fingerprint density at radius 3 is 2.45 bits per heavy atom. The summed E-state index contributed by atoms with van der Waals surface area (Å²) in [5, 5.41) is 2.81. The monoisotopic (exact) mass is 429 g/mol. The van der Waals surface area contributed by atoms with Gasteiger partial charge < -0.3 is 10.1 Å². The zero-order valence-electron chi connectivity index (χ0n) is 15.9. The highest BCUT2D eigenvalue weighted by Gasteiger charge is 2.33. The molecule has 1 aromatic carbocycles. The minimum Gasteiger partial charge on any atom is -0.497 e. The predicted octanol–water partition coefficient (Wildman–Crippen LogP) is 3.90. The van der Waals surface area contributed by atoms with E-state index < -0.39 is 21.8 Å². The van der Waals surface area contributed by atoms with E-state index in [2.05, 4.69) is 10.3 Å². The Labute approximate surface area is 167 Å². The van der Waals surface area contributed by atoms with Gasteiger partial charge in [-0.2, -0.15) is 17.5 Å². The molecule has 0 amide bonds. The second-order valence-electron chi connectivity index (χ2n) is 6.72. The van der Waals surface area contributed by atoms with Crippen LogP contribution in [0.2, 0.25) is 0 Å². The molecule has 0 saturated carbocycles. The van der Waals surface area contributed by atoms with Gasteiger partial charge in [0.2, 0.25) is 10.0 Å². The summed E-state index contributed by atoms with van der Waals surface area (Å²) in [6.07, 6.45) is -0.625. The van der Waals surface area contributed by atoms with E-state index in [4.69, 9.17) is 4.74 Å². The van der Waals surface area contributed by atoms with Crippen LogP contribution < -0.4 is 10.1 Å². The molecule has 6 nitrogen and oxygen atoms in total. The first-order chi connectivity index (χ1) is 13.7. The summed E-state index contributed by atoms with van der Waals surface area (Å²) in [7, 11) is -2.30. The van der Waals surface area contributed by atoms with Crippen molar-refractivity contribution in [2.45, 2.75) is 36.9 Å². The van der Waals surface area contributed by atoms with Crippen LogP contribution >= 0.6 is 0 Å². The minimum absolute atomic E-state index is 0.0325. The molecule has 0 atom stereocenters. The molecule has 2 heterocycles. The van der Waals surface area contributed by atoms with Crippen molar-refractivity contribution in [3.8, 4) is 5.75 Å². The van der Waals surface area contributed by atoms with Crippen LogP contribution in [0.15, 0.2) is 41.4 Å². The molecular formula is C19H22F3N3O3S. The minimum atomic E-state index is -4.52. The third-order valence-corrected chi connectivity index (χ3v) is 6.65. The fourth-order valence-electron chi connectivity index (χ4n) is 3.18. The first kappa shape index (κ1) is 21.4. The number of anilines is 1. The number of pyridine rings is 1. The Bertz CT molecular complexity index is 941. The van der Waals surface area contributed by atoms with E-state index in [0.29, 0.717) is 13.1 Å². The van der Waals surface area contributed by atoms with Crippen LogP contribution in [-0.2, 0) is 22.7 Å². The van der Waals surface area contributed by atoms with Crippen molar-refractivity contribution in [1.82, 2.24) is 9.29 Å². The Kier molecular flexibility index (Phi) is 6.33. The Morgan fingerprint density at radius 1 is 1.14 bits per heavy atom. The van der Waals surface area contributed by atoms with Crippen molar-refractivity contribution in [2.75, 3.05) is 25.5 Å². The standard InChI is InChI=1S/C19H22F3N3O3S/c1-28-15-6-5-14(17(11-15)19(20,21)22)12-23-18-8-7-16(13-24-18)29(26,27)25-9-3-2-4-10-25/h5-8,11,13H,2-4,9-10,12H2,1H3,(H,23,24). The van der Waals surface area contributed by atoms with Gasteiger partial charge in [-0.25, -0.2) is 13.4 Å². The lowest BCUT2D eigenvalue weighted by Gasteiger charge is -2.25. The van der Waals surface area contributed by atoms with Crippen molar-refractivity contribution in [3.63, 3.8) is 0 Å². The lowest BCUT2D eigenvalue weighted by molar-refractivity contribution is -0.138. The summed E-state index contributed by atoms with van der Waals surface area (Å²) in [6.45, 7) is 0.851. The number of piperidine rings is 1. The topological polar surface area (TPSA) is 71.5 Å². The average Bonchev–Trinajstić information content (AvgIpc) is 2.72. The summed E-state index contributed by atoms with van der Waals surface area (Å²) in [6, 6.07) is 6.60. The Balaban J connectivity index is 1.73. The van der Waals surface area contributed by atoms with E-state index in [9.17, 15) is 21.6 Å². The quantitative estimate of drug-likeness (QED) is 0.754. The van der Waals surface area contributed by atoms with Crippen LogP contribution in [0.1, 0.15) is 30.4 Å². The van der Waals surface area contributed by atoms with Gasteiger partial charge in [-0.05, 0) is 42.7 Å². The highest BCUT2D eigenvalue weighted by molar-refractivity contribution is 7.89. The second-order valence-corrected chi connectivity index (χ2v) is 8.66. The number of benzene rings is 1. The summed E-state index contributed by atoms with van der Waals surface area (Å²) in [5.74, 6) is 0.401. The molecular weight excluding hydrogens is 407 g/mol. The summed E-state index contributed by atoms with van der Waals surface area (Å²) in [5.41, 5.74) is -0.765. The first-order valence-corrected chi connectivity index (χ1v) is 10.6. The van der Waals surface area contributed by atoms with Gasteiger partial charge in [0.05, 0.1) is 12.7 Å². The molecule has 1 aromatic heterocycles. The molecule has 3 rings (SSSR count). The number of hydrogen-bond donors (Lipinski definition) is 1. The number of nitrogens with one attached hydrogen (secondary N) is 1. The zero-order valence-corrected chi connectivity index (χ0v) is 16.7. The molecule has 1 saturated heterocycles. The lowest BCUT2D eigenvalue weighted by Crippen LogP contribution is -2.35. The van der Waals surface area contributed by atoms with Crippen LogP contribution in [0.5, 0.6) is 5.75 Å². The molecule has 0 aliphatic carbocycles. The number of halogens is 3. The van der Waals surface area contributed by atoms with Crippen LogP contribution in [0.3, 0.4) is 0 Å². The molecule has 1 N–H and O–H groups in total. The van der Waals surface area contributed by atoms with E-state index in [-0.39, 0.29) is 28.6 Å². The molecule has 1 fully saturated rings. The highest BCUT2D eigenvalue weighted by Crippen LogP contribution is 2.34. The molecule has 0 spiro atoms. The van der Waals surface area contributed by atoms with Gasteiger partial charge in [-0.15, -0.1) is 0 Å². The van der Waals surface area contributed by atoms with E-state index in [1.807, 2.05) is 0 Å². The van der Waals surface area contributed by atoms with Gasteiger partial charge in [0.1, 0.15) is 16.5 Å². The van der Waals surface area contributed by atoms with Crippen LogP contribution in [0.25, 0.3) is 0 Å². The maximum Gasteiger partial charge on any atom is 0.416 e.